The highest BCUT2D eigenvalue weighted by Gasteiger charge is 2.33. The van der Waals surface area contributed by atoms with Crippen LogP contribution < -0.4 is 0 Å². The van der Waals surface area contributed by atoms with Crippen molar-refractivity contribution in [2.75, 3.05) is 42.7 Å². The lowest BCUT2D eigenvalue weighted by molar-refractivity contribution is -0.140. The molecule has 8 nitrogen and oxygen atoms in total. The van der Waals surface area contributed by atoms with Crippen LogP contribution in [0.4, 0.5) is 0 Å². The summed E-state index contributed by atoms with van der Waals surface area (Å²) in [4.78, 5) is 23.8. The van der Waals surface area contributed by atoms with Gasteiger partial charge < -0.3 is 28.4 Å². The fourth-order valence-corrected chi connectivity index (χ4v) is 1.35. The van der Waals surface area contributed by atoms with Crippen LogP contribution in [0.15, 0.2) is 23.0 Å². The van der Waals surface area contributed by atoms with Gasteiger partial charge in [-0.2, -0.15) is 0 Å². The average molecular weight is 290 g/mol. The van der Waals surface area contributed by atoms with Gasteiger partial charge in [0.25, 0.3) is 11.9 Å². The second-order valence-electron chi connectivity index (χ2n) is 3.12. The maximum Gasteiger partial charge on any atom is 0.346 e. The molecule has 0 aromatic rings. The minimum atomic E-state index is -0.879. The molecule has 0 fully saturated rings. The van der Waals surface area contributed by atoms with E-state index >= 15 is 0 Å². The lowest BCUT2D eigenvalue weighted by Gasteiger charge is -2.15. The summed E-state index contributed by atoms with van der Waals surface area (Å²) in [5.74, 6) is -2.25. The van der Waals surface area contributed by atoms with Gasteiger partial charge in [0.1, 0.15) is 0 Å². The van der Waals surface area contributed by atoms with E-state index in [1.165, 1.54) is 28.4 Å². The molecule has 0 atom stereocenters. The summed E-state index contributed by atoms with van der Waals surface area (Å²) in [5, 5.41) is 0. The molecule has 0 saturated heterocycles. The molecule has 0 bridgehead atoms. The Hall–Kier alpha value is -2.38. The summed E-state index contributed by atoms with van der Waals surface area (Å²) >= 11 is 0. The number of carbonyl (C=O) groups excluding carboxylic acids is 2. The molecule has 0 aliphatic carbocycles. The van der Waals surface area contributed by atoms with Crippen LogP contribution in [-0.2, 0) is 38.0 Å². The SMILES string of the molecule is COC(=O)C(=C(OC)OC)C(C(=O)OC)=C(OC)OC. The van der Waals surface area contributed by atoms with E-state index in [-0.39, 0.29) is 23.0 Å². The molecule has 0 aromatic carbocycles. The summed E-state index contributed by atoms with van der Waals surface area (Å²) in [6.45, 7) is 0. The van der Waals surface area contributed by atoms with Crippen LogP contribution in [-0.4, -0.2) is 54.6 Å². The van der Waals surface area contributed by atoms with Crippen LogP contribution in [0.1, 0.15) is 0 Å². The molecule has 0 aliphatic rings. The van der Waals surface area contributed by atoms with E-state index in [0.717, 1.165) is 14.2 Å². The lowest BCUT2D eigenvalue weighted by Crippen LogP contribution is -2.21. The van der Waals surface area contributed by atoms with Gasteiger partial charge in [0.05, 0.1) is 42.7 Å². The molecule has 0 unspecified atom stereocenters. The zero-order valence-corrected chi connectivity index (χ0v) is 12.3. The topological polar surface area (TPSA) is 89.5 Å². The highest BCUT2D eigenvalue weighted by Crippen LogP contribution is 2.23. The van der Waals surface area contributed by atoms with E-state index in [9.17, 15) is 9.59 Å². The molecule has 0 saturated carbocycles. The van der Waals surface area contributed by atoms with Crippen molar-refractivity contribution in [3.63, 3.8) is 0 Å². The Morgan fingerprint density at radius 1 is 0.500 bits per heavy atom. The molecule has 0 N–H and O–H groups in total. The molecule has 0 rings (SSSR count). The molecular formula is C12H18O8. The summed E-state index contributed by atoms with van der Waals surface area (Å²) < 4.78 is 28.8. The van der Waals surface area contributed by atoms with Gasteiger partial charge >= 0.3 is 11.9 Å². The van der Waals surface area contributed by atoms with Gasteiger partial charge in [-0.1, -0.05) is 0 Å². The number of carbonyl (C=O) groups is 2. The van der Waals surface area contributed by atoms with E-state index in [0.29, 0.717) is 0 Å². The lowest BCUT2D eigenvalue weighted by atomic mass is 10.1. The molecule has 0 spiro atoms. The number of methoxy groups -OCH3 is 6. The smallest absolute Gasteiger partial charge is 0.346 e. The van der Waals surface area contributed by atoms with Crippen LogP contribution in [0.3, 0.4) is 0 Å². The minimum absolute atomic E-state index is 0.246. The first kappa shape index (κ1) is 17.6. The minimum Gasteiger partial charge on any atom is -0.468 e. The van der Waals surface area contributed by atoms with Gasteiger partial charge in [-0.05, 0) is 0 Å². The molecule has 0 aromatic heterocycles. The number of hydrogen-bond donors (Lipinski definition) is 0. The number of esters is 2. The van der Waals surface area contributed by atoms with Crippen LogP contribution in [0.5, 0.6) is 0 Å². The van der Waals surface area contributed by atoms with E-state index in [2.05, 4.69) is 9.47 Å². The molecule has 0 radical (unpaired) electrons. The Morgan fingerprint density at radius 2 is 0.750 bits per heavy atom. The Labute approximate surface area is 116 Å². The van der Waals surface area contributed by atoms with Crippen molar-refractivity contribution in [1.82, 2.24) is 0 Å². The van der Waals surface area contributed by atoms with Gasteiger partial charge in [-0.25, -0.2) is 9.59 Å². The van der Waals surface area contributed by atoms with Crippen molar-refractivity contribution in [3.05, 3.63) is 23.0 Å². The second-order valence-corrected chi connectivity index (χ2v) is 3.12. The Kier molecular flexibility index (Phi) is 7.64. The molecule has 0 amide bonds. The quantitative estimate of drug-likeness (QED) is 0.287. The zero-order chi connectivity index (χ0) is 15.7. The molecule has 0 aliphatic heterocycles. The maximum atomic E-state index is 11.9. The third-order valence-electron chi connectivity index (χ3n) is 2.18. The number of ether oxygens (including phenoxy) is 6. The number of hydrogen-bond acceptors (Lipinski definition) is 8. The van der Waals surface area contributed by atoms with E-state index in [1.54, 1.807) is 0 Å². The average Bonchev–Trinajstić information content (AvgIpc) is 2.49. The largest absolute Gasteiger partial charge is 0.468 e. The molecule has 20 heavy (non-hydrogen) atoms. The summed E-state index contributed by atoms with van der Waals surface area (Å²) in [6.07, 6.45) is 0. The third kappa shape index (κ3) is 3.81. The highest BCUT2D eigenvalue weighted by molar-refractivity contribution is 6.07. The van der Waals surface area contributed by atoms with Crippen molar-refractivity contribution in [1.29, 1.82) is 0 Å². The molecule has 0 heterocycles. The number of rotatable bonds is 7. The van der Waals surface area contributed by atoms with Crippen molar-refractivity contribution < 1.29 is 38.0 Å². The van der Waals surface area contributed by atoms with E-state index in [1.807, 2.05) is 0 Å². The van der Waals surface area contributed by atoms with Gasteiger partial charge in [-0.3, -0.25) is 0 Å². The Morgan fingerprint density at radius 3 is 0.900 bits per heavy atom. The van der Waals surface area contributed by atoms with Crippen LogP contribution in [0.25, 0.3) is 0 Å². The molecule has 114 valence electrons. The van der Waals surface area contributed by atoms with E-state index in [4.69, 9.17) is 18.9 Å². The van der Waals surface area contributed by atoms with Gasteiger partial charge in [0, 0.05) is 0 Å². The maximum absolute atomic E-state index is 11.9. The Bertz CT molecular complexity index is 369. The highest BCUT2D eigenvalue weighted by atomic mass is 16.7. The van der Waals surface area contributed by atoms with Gasteiger partial charge in [0.2, 0.25) is 0 Å². The van der Waals surface area contributed by atoms with Gasteiger partial charge in [-0.15, -0.1) is 0 Å². The normalized spacial score (nSPS) is 8.90. The predicted octanol–water partition coefficient (Wildman–Crippen LogP) is 0.341. The first-order valence-corrected chi connectivity index (χ1v) is 5.33. The van der Waals surface area contributed by atoms with Crippen molar-refractivity contribution >= 4 is 11.9 Å². The van der Waals surface area contributed by atoms with Crippen LogP contribution in [0.2, 0.25) is 0 Å². The summed E-state index contributed by atoms with van der Waals surface area (Å²) in [5.41, 5.74) is -0.633. The predicted molar refractivity (Wildman–Crippen MR) is 66.1 cm³/mol. The summed E-state index contributed by atoms with van der Waals surface area (Å²) in [6, 6.07) is 0. The first-order valence-electron chi connectivity index (χ1n) is 5.33. The van der Waals surface area contributed by atoms with Crippen LogP contribution in [0, 0.1) is 0 Å². The van der Waals surface area contributed by atoms with E-state index < -0.39 is 11.9 Å². The third-order valence-corrected chi connectivity index (χ3v) is 2.18. The Balaban J connectivity index is 6.32. The monoisotopic (exact) mass is 290 g/mol. The van der Waals surface area contributed by atoms with Crippen molar-refractivity contribution in [3.8, 4) is 0 Å². The standard InChI is InChI=1S/C12H18O8/c1-15-9(13)7(11(17-3)18-4)8(10(14)16-2)12(19-5)20-6/h1-6H3. The molecule has 8 heteroatoms. The van der Waals surface area contributed by atoms with Crippen molar-refractivity contribution in [2.45, 2.75) is 0 Å². The van der Waals surface area contributed by atoms with Gasteiger partial charge in [0.15, 0.2) is 11.1 Å². The fraction of sp³-hybridized carbons (Fsp3) is 0.500. The summed E-state index contributed by atoms with van der Waals surface area (Å²) in [7, 11) is 7.32. The van der Waals surface area contributed by atoms with Crippen molar-refractivity contribution in [2.24, 2.45) is 0 Å². The zero-order valence-electron chi connectivity index (χ0n) is 12.3. The fourth-order valence-electron chi connectivity index (χ4n) is 1.35. The van der Waals surface area contributed by atoms with Crippen LogP contribution >= 0.6 is 0 Å². The first-order chi connectivity index (χ1) is 9.51. The molecular weight excluding hydrogens is 272 g/mol. The second kappa shape index (κ2) is 8.68.